The highest BCUT2D eigenvalue weighted by Gasteiger charge is 2.20. The fraction of sp³-hybridized carbons (Fsp3) is 0.167. The number of fused-ring (bicyclic) bond motifs is 1. The molecule has 0 aromatic carbocycles. The monoisotopic (exact) mass is 291 g/mol. The van der Waals surface area contributed by atoms with Gasteiger partial charge in [-0.15, -0.1) is 0 Å². The van der Waals surface area contributed by atoms with Crippen LogP contribution in [0.1, 0.15) is 10.7 Å². The molecule has 0 radical (unpaired) electrons. The Hall–Kier alpha value is -2.41. The van der Waals surface area contributed by atoms with E-state index in [0.29, 0.717) is 16.2 Å². The molecule has 0 spiro atoms. The number of carbonyl (C=O) groups excluding carboxylic acids is 1. The van der Waals surface area contributed by atoms with E-state index >= 15 is 0 Å². The zero-order valence-electron chi connectivity index (χ0n) is 10.7. The lowest BCUT2D eigenvalue weighted by Crippen LogP contribution is -2.21. The highest BCUT2D eigenvalue weighted by molar-refractivity contribution is 6.37. The van der Waals surface area contributed by atoms with Gasteiger partial charge in [0.05, 0.1) is 10.6 Å². The standard InChI is InChI=1S/C12H10ClN5O2/c1-18(2)12(19)11-16-10(17-20-11)7-5-15-9-6(8(7)13)3-4-14-9/h3-5H,1-2H3,(H,14,15). The van der Waals surface area contributed by atoms with E-state index in [0.717, 1.165) is 5.39 Å². The Bertz CT molecular complexity index is 792. The summed E-state index contributed by atoms with van der Waals surface area (Å²) in [7, 11) is 3.21. The minimum Gasteiger partial charge on any atom is -0.346 e. The smallest absolute Gasteiger partial charge is 0.316 e. The van der Waals surface area contributed by atoms with Crippen LogP contribution < -0.4 is 0 Å². The van der Waals surface area contributed by atoms with Crippen molar-refractivity contribution in [2.45, 2.75) is 0 Å². The van der Waals surface area contributed by atoms with E-state index in [4.69, 9.17) is 16.1 Å². The number of amides is 1. The summed E-state index contributed by atoms with van der Waals surface area (Å²) in [6.07, 6.45) is 3.28. The SMILES string of the molecule is CN(C)C(=O)c1nc(-c2cnc3[nH]ccc3c2Cl)no1. The second-order valence-corrected chi connectivity index (χ2v) is 4.73. The third kappa shape index (κ3) is 1.92. The van der Waals surface area contributed by atoms with Gasteiger partial charge in [0, 0.05) is 31.9 Å². The summed E-state index contributed by atoms with van der Waals surface area (Å²) in [5.41, 5.74) is 1.19. The summed E-state index contributed by atoms with van der Waals surface area (Å²) in [4.78, 5) is 24.3. The van der Waals surface area contributed by atoms with E-state index in [1.807, 2.05) is 0 Å². The third-order valence-corrected chi connectivity index (χ3v) is 3.18. The predicted octanol–water partition coefficient (Wildman–Crippen LogP) is 1.97. The summed E-state index contributed by atoms with van der Waals surface area (Å²) in [5.74, 6) is -0.221. The predicted molar refractivity (Wildman–Crippen MR) is 72.4 cm³/mol. The van der Waals surface area contributed by atoms with Crippen LogP contribution in [0.4, 0.5) is 0 Å². The minimum atomic E-state index is -0.365. The quantitative estimate of drug-likeness (QED) is 0.780. The molecular weight excluding hydrogens is 282 g/mol. The molecule has 3 rings (SSSR count). The van der Waals surface area contributed by atoms with Gasteiger partial charge in [-0.05, 0) is 6.07 Å². The molecule has 0 saturated heterocycles. The Morgan fingerprint density at radius 3 is 3.00 bits per heavy atom. The summed E-state index contributed by atoms with van der Waals surface area (Å²) < 4.78 is 4.94. The van der Waals surface area contributed by atoms with E-state index in [1.165, 1.54) is 11.1 Å². The Morgan fingerprint density at radius 2 is 2.25 bits per heavy atom. The molecule has 3 aromatic heterocycles. The molecule has 1 N–H and O–H groups in total. The van der Waals surface area contributed by atoms with Gasteiger partial charge in [-0.25, -0.2) is 4.98 Å². The van der Waals surface area contributed by atoms with E-state index in [2.05, 4.69) is 20.1 Å². The summed E-state index contributed by atoms with van der Waals surface area (Å²) >= 11 is 6.29. The molecule has 0 aliphatic rings. The van der Waals surface area contributed by atoms with Gasteiger partial charge < -0.3 is 14.4 Å². The van der Waals surface area contributed by atoms with Crippen molar-refractivity contribution >= 4 is 28.5 Å². The lowest BCUT2D eigenvalue weighted by atomic mass is 10.2. The molecule has 0 bridgehead atoms. The first-order valence-corrected chi connectivity index (χ1v) is 6.13. The average Bonchev–Trinajstić information content (AvgIpc) is 3.06. The molecule has 3 aromatic rings. The topological polar surface area (TPSA) is 87.9 Å². The number of halogens is 1. The first-order valence-electron chi connectivity index (χ1n) is 5.75. The second kappa shape index (κ2) is 4.61. The molecule has 0 aliphatic carbocycles. The Balaban J connectivity index is 2.07. The van der Waals surface area contributed by atoms with Crippen LogP contribution in [0.3, 0.4) is 0 Å². The fourth-order valence-corrected chi connectivity index (χ4v) is 2.03. The number of nitrogens with zero attached hydrogens (tertiary/aromatic N) is 4. The third-order valence-electron chi connectivity index (χ3n) is 2.78. The number of carbonyl (C=O) groups is 1. The lowest BCUT2D eigenvalue weighted by Gasteiger charge is -2.04. The molecular formula is C12H10ClN5O2. The van der Waals surface area contributed by atoms with Crippen LogP contribution in [0.5, 0.6) is 0 Å². The number of hydrogen-bond acceptors (Lipinski definition) is 5. The summed E-state index contributed by atoms with van der Waals surface area (Å²) in [6.45, 7) is 0. The van der Waals surface area contributed by atoms with E-state index in [-0.39, 0.29) is 17.6 Å². The van der Waals surface area contributed by atoms with Gasteiger partial charge in [-0.3, -0.25) is 4.79 Å². The van der Waals surface area contributed by atoms with Crippen molar-refractivity contribution in [3.8, 4) is 11.4 Å². The largest absolute Gasteiger partial charge is 0.346 e. The molecule has 8 heteroatoms. The van der Waals surface area contributed by atoms with Crippen LogP contribution in [-0.2, 0) is 0 Å². The minimum absolute atomic E-state index is 0.0877. The van der Waals surface area contributed by atoms with Crippen molar-refractivity contribution in [1.82, 2.24) is 25.0 Å². The van der Waals surface area contributed by atoms with Crippen LogP contribution in [0, 0.1) is 0 Å². The fourth-order valence-electron chi connectivity index (χ4n) is 1.74. The maximum absolute atomic E-state index is 11.7. The van der Waals surface area contributed by atoms with Crippen molar-refractivity contribution in [3.63, 3.8) is 0 Å². The van der Waals surface area contributed by atoms with Gasteiger partial charge in [-0.2, -0.15) is 4.98 Å². The van der Waals surface area contributed by atoms with Crippen LogP contribution >= 0.6 is 11.6 Å². The van der Waals surface area contributed by atoms with Crippen molar-refractivity contribution in [1.29, 1.82) is 0 Å². The van der Waals surface area contributed by atoms with Crippen molar-refractivity contribution in [3.05, 3.63) is 29.4 Å². The molecule has 20 heavy (non-hydrogen) atoms. The Morgan fingerprint density at radius 1 is 1.45 bits per heavy atom. The number of hydrogen-bond donors (Lipinski definition) is 1. The van der Waals surface area contributed by atoms with Gasteiger partial charge in [0.1, 0.15) is 5.65 Å². The molecule has 7 nitrogen and oxygen atoms in total. The van der Waals surface area contributed by atoms with E-state index in [1.54, 1.807) is 26.4 Å². The molecule has 0 aliphatic heterocycles. The number of pyridine rings is 1. The van der Waals surface area contributed by atoms with Crippen LogP contribution in [-0.4, -0.2) is 45.0 Å². The van der Waals surface area contributed by atoms with E-state index < -0.39 is 0 Å². The number of nitrogens with one attached hydrogen (secondary N) is 1. The average molecular weight is 292 g/mol. The zero-order chi connectivity index (χ0) is 14.3. The highest BCUT2D eigenvalue weighted by atomic mass is 35.5. The number of rotatable bonds is 2. The van der Waals surface area contributed by atoms with Crippen molar-refractivity contribution < 1.29 is 9.32 Å². The number of aromatic amines is 1. The summed E-state index contributed by atoms with van der Waals surface area (Å²) in [5, 5.41) is 4.99. The van der Waals surface area contributed by atoms with Gasteiger partial charge in [0.25, 0.3) is 0 Å². The first kappa shape index (κ1) is 12.6. The van der Waals surface area contributed by atoms with Crippen LogP contribution in [0.25, 0.3) is 22.4 Å². The maximum Gasteiger partial charge on any atom is 0.316 e. The molecule has 0 saturated carbocycles. The molecule has 102 valence electrons. The van der Waals surface area contributed by atoms with E-state index in [9.17, 15) is 4.79 Å². The van der Waals surface area contributed by atoms with Crippen molar-refractivity contribution in [2.75, 3.05) is 14.1 Å². The Labute approximate surface area is 118 Å². The highest BCUT2D eigenvalue weighted by Crippen LogP contribution is 2.31. The molecule has 3 heterocycles. The van der Waals surface area contributed by atoms with Gasteiger partial charge in [-0.1, -0.05) is 16.8 Å². The molecule has 0 unspecified atom stereocenters. The number of aromatic nitrogens is 4. The van der Waals surface area contributed by atoms with Gasteiger partial charge >= 0.3 is 11.8 Å². The summed E-state index contributed by atoms with van der Waals surface area (Å²) in [6, 6.07) is 1.81. The van der Waals surface area contributed by atoms with Crippen LogP contribution in [0.15, 0.2) is 23.0 Å². The van der Waals surface area contributed by atoms with Crippen molar-refractivity contribution in [2.24, 2.45) is 0 Å². The zero-order valence-corrected chi connectivity index (χ0v) is 11.5. The molecule has 0 atom stereocenters. The lowest BCUT2D eigenvalue weighted by molar-refractivity contribution is 0.0779. The number of H-pyrrole nitrogens is 1. The second-order valence-electron chi connectivity index (χ2n) is 4.35. The first-order chi connectivity index (χ1) is 9.58. The Kier molecular flexibility index (Phi) is 2.90. The normalized spacial score (nSPS) is 10.9. The van der Waals surface area contributed by atoms with Gasteiger partial charge in [0.15, 0.2) is 0 Å². The van der Waals surface area contributed by atoms with Gasteiger partial charge in [0.2, 0.25) is 5.82 Å². The molecule has 1 amide bonds. The molecule has 0 fully saturated rings. The maximum atomic E-state index is 11.7. The van der Waals surface area contributed by atoms with Crippen LogP contribution in [0.2, 0.25) is 5.02 Å².